The Balaban J connectivity index is 0.000000251. The minimum Gasteiger partial charge on any atom is -0.480 e. The lowest BCUT2D eigenvalue weighted by Gasteiger charge is -2.15. The topological polar surface area (TPSA) is 116 Å². The number of hydrogen-bond acceptors (Lipinski definition) is 5. The molecule has 134 valence electrons. The van der Waals surface area contributed by atoms with Crippen molar-refractivity contribution in [3.05, 3.63) is 60.2 Å². The second-order valence-corrected chi connectivity index (χ2v) is 4.76. The third kappa shape index (κ3) is 8.28. The van der Waals surface area contributed by atoms with Gasteiger partial charge in [0.15, 0.2) is 0 Å². The molecular formula is C16H17F2N3O4. The number of nitrogens with one attached hydrogen (secondary N) is 1. The first kappa shape index (κ1) is 19.8. The summed E-state index contributed by atoms with van der Waals surface area (Å²) >= 11 is 0. The molecule has 2 aromatic carbocycles. The van der Waals surface area contributed by atoms with Gasteiger partial charge in [0, 0.05) is 5.69 Å². The molecule has 0 spiro atoms. The van der Waals surface area contributed by atoms with Crippen LogP contribution in [0.2, 0.25) is 0 Å². The maximum absolute atomic E-state index is 12.6. The van der Waals surface area contributed by atoms with Crippen LogP contribution in [-0.4, -0.2) is 35.2 Å². The fourth-order valence-corrected chi connectivity index (χ4v) is 1.67. The Labute approximate surface area is 142 Å². The third-order valence-electron chi connectivity index (χ3n) is 2.71. The van der Waals surface area contributed by atoms with Crippen LogP contribution in [0.5, 0.6) is 0 Å². The Kier molecular flexibility index (Phi) is 7.80. The van der Waals surface area contributed by atoms with E-state index in [1.807, 2.05) is 0 Å². The number of carboxylic acid groups (broad SMARTS) is 2. The number of carbonyl (C=O) groups is 2. The maximum Gasteiger partial charge on any atom is 0.324 e. The molecule has 0 aliphatic carbocycles. The van der Waals surface area contributed by atoms with E-state index in [1.165, 1.54) is 42.5 Å². The summed E-state index contributed by atoms with van der Waals surface area (Å²) in [7, 11) is 0. The number of carboxylic acids is 2. The van der Waals surface area contributed by atoms with E-state index >= 15 is 0 Å². The SMILES string of the molecule is NN(CC(=O)O)c1cccc(F)c1.O=C(O)CNc1cccc(F)c1. The van der Waals surface area contributed by atoms with Gasteiger partial charge in [0.05, 0.1) is 5.69 Å². The Morgan fingerprint density at radius 3 is 2.12 bits per heavy atom. The Bertz CT molecular complexity index is 728. The van der Waals surface area contributed by atoms with Gasteiger partial charge >= 0.3 is 11.9 Å². The van der Waals surface area contributed by atoms with E-state index in [9.17, 15) is 18.4 Å². The quantitative estimate of drug-likeness (QED) is 0.463. The van der Waals surface area contributed by atoms with E-state index in [1.54, 1.807) is 6.07 Å². The highest BCUT2D eigenvalue weighted by molar-refractivity contribution is 5.73. The average molecular weight is 353 g/mol. The van der Waals surface area contributed by atoms with Crippen molar-refractivity contribution < 1.29 is 28.6 Å². The van der Waals surface area contributed by atoms with E-state index in [-0.39, 0.29) is 18.9 Å². The fraction of sp³-hybridized carbons (Fsp3) is 0.125. The Morgan fingerprint density at radius 1 is 1.00 bits per heavy atom. The van der Waals surface area contributed by atoms with Gasteiger partial charge in [-0.15, -0.1) is 0 Å². The molecule has 0 amide bonds. The second kappa shape index (κ2) is 9.83. The van der Waals surface area contributed by atoms with Gasteiger partial charge in [-0.25, -0.2) is 14.6 Å². The molecule has 0 heterocycles. The van der Waals surface area contributed by atoms with Crippen LogP contribution in [0.25, 0.3) is 0 Å². The molecule has 0 aromatic heterocycles. The number of hydrazine groups is 1. The lowest BCUT2D eigenvalue weighted by molar-refractivity contribution is -0.136. The van der Waals surface area contributed by atoms with Crippen LogP contribution in [0.4, 0.5) is 20.2 Å². The monoisotopic (exact) mass is 353 g/mol. The lowest BCUT2D eigenvalue weighted by atomic mass is 10.3. The van der Waals surface area contributed by atoms with Crippen molar-refractivity contribution in [3.63, 3.8) is 0 Å². The Morgan fingerprint density at radius 2 is 1.60 bits per heavy atom. The molecule has 7 nitrogen and oxygen atoms in total. The summed E-state index contributed by atoms with van der Waals surface area (Å²) in [4.78, 5) is 20.4. The molecule has 2 rings (SSSR count). The van der Waals surface area contributed by atoms with Crippen LogP contribution in [0.1, 0.15) is 0 Å². The number of nitrogens with two attached hydrogens (primary N) is 1. The molecule has 0 aliphatic rings. The van der Waals surface area contributed by atoms with E-state index in [0.717, 1.165) is 5.01 Å². The van der Waals surface area contributed by atoms with E-state index < -0.39 is 17.8 Å². The van der Waals surface area contributed by atoms with E-state index in [2.05, 4.69) is 5.32 Å². The first-order valence-corrected chi connectivity index (χ1v) is 6.98. The standard InChI is InChI=1S/C8H9FN2O2.C8H8FNO2/c9-6-2-1-3-7(4-6)11(10)5-8(12)13;9-6-2-1-3-7(4-6)10-5-8(11)12/h1-4H,5,10H2,(H,12,13);1-4,10H,5H2,(H,11,12). The smallest absolute Gasteiger partial charge is 0.324 e. The lowest BCUT2D eigenvalue weighted by Crippen LogP contribution is -2.35. The summed E-state index contributed by atoms with van der Waals surface area (Å²) < 4.78 is 25.1. The van der Waals surface area contributed by atoms with Gasteiger partial charge in [0.25, 0.3) is 0 Å². The molecule has 0 fully saturated rings. The molecular weight excluding hydrogens is 336 g/mol. The van der Waals surface area contributed by atoms with Crippen LogP contribution in [0.3, 0.4) is 0 Å². The highest BCUT2D eigenvalue weighted by Crippen LogP contribution is 2.11. The molecule has 0 aliphatic heterocycles. The highest BCUT2D eigenvalue weighted by atomic mass is 19.1. The first-order valence-electron chi connectivity index (χ1n) is 6.98. The molecule has 5 N–H and O–H groups in total. The van der Waals surface area contributed by atoms with E-state index in [0.29, 0.717) is 11.4 Å². The van der Waals surface area contributed by atoms with Crippen LogP contribution in [0, 0.1) is 11.6 Å². The summed E-state index contributed by atoms with van der Waals surface area (Å²) in [5.41, 5.74) is 0.805. The fourth-order valence-electron chi connectivity index (χ4n) is 1.67. The van der Waals surface area contributed by atoms with Gasteiger partial charge in [-0.1, -0.05) is 12.1 Å². The van der Waals surface area contributed by atoms with Gasteiger partial charge in [-0.05, 0) is 36.4 Å². The van der Waals surface area contributed by atoms with Crippen LogP contribution in [0.15, 0.2) is 48.5 Å². The van der Waals surface area contributed by atoms with Crippen LogP contribution < -0.4 is 16.2 Å². The number of hydrogen-bond donors (Lipinski definition) is 4. The van der Waals surface area contributed by atoms with Crippen molar-refractivity contribution in [3.8, 4) is 0 Å². The van der Waals surface area contributed by atoms with Gasteiger partial charge in [0.1, 0.15) is 24.7 Å². The highest BCUT2D eigenvalue weighted by Gasteiger charge is 2.06. The third-order valence-corrected chi connectivity index (χ3v) is 2.71. The molecule has 0 saturated carbocycles. The predicted molar refractivity (Wildman–Crippen MR) is 88.1 cm³/mol. The normalized spacial score (nSPS) is 9.56. The van der Waals surface area contributed by atoms with Crippen molar-refractivity contribution in [1.82, 2.24) is 0 Å². The minimum atomic E-state index is -1.06. The molecule has 0 atom stereocenters. The van der Waals surface area contributed by atoms with Crippen molar-refractivity contribution >= 4 is 23.3 Å². The zero-order valence-corrected chi connectivity index (χ0v) is 13.0. The van der Waals surface area contributed by atoms with Crippen molar-refractivity contribution in [2.24, 2.45) is 5.84 Å². The maximum atomic E-state index is 12.6. The summed E-state index contributed by atoms with van der Waals surface area (Å²) in [6.07, 6.45) is 0. The zero-order valence-electron chi connectivity index (χ0n) is 13.0. The number of rotatable bonds is 6. The molecule has 0 saturated heterocycles. The minimum absolute atomic E-state index is 0.205. The number of nitrogens with zero attached hydrogens (tertiary/aromatic N) is 1. The number of aliphatic carboxylic acids is 2. The van der Waals surface area contributed by atoms with Crippen molar-refractivity contribution in [2.75, 3.05) is 23.4 Å². The van der Waals surface area contributed by atoms with Gasteiger partial charge < -0.3 is 15.5 Å². The zero-order chi connectivity index (χ0) is 18.8. The van der Waals surface area contributed by atoms with Gasteiger partial charge in [-0.3, -0.25) is 14.6 Å². The summed E-state index contributed by atoms with van der Waals surface area (Å²) in [6.45, 7) is -0.563. The largest absolute Gasteiger partial charge is 0.480 e. The van der Waals surface area contributed by atoms with Gasteiger partial charge in [0.2, 0.25) is 0 Å². The molecule has 0 bridgehead atoms. The molecule has 25 heavy (non-hydrogen) atoms. The molecule has 0 unspecified atom stereocenters. The molecule has 9 heteroatoms. The van der Waals surface area contributed by atoms with Crippen molar-refractivity contribution in [2.45, 2.75) is 0 Å². The van der Waals surface area contributed by atoms with Crippen LogP contribution in [-0.2, 0) is 9.59 Å². The first-order chi connectivity index (χ1) is 11.8. The summed E-state index contributed by atoms with van der Waals surface area (Å²) in [5, 5.41) is 20.2. The summed E-state index contributed by atoms with van der Waals surface area (Å²) in [5.74, 6) is 2.48. The van der Waals surface area contributed by atoms with Crippen molar-refractivity contribution in [1.29, 1.82) is 0 Å². The Hall–Kier alpha value is -3.20. The number of anilines is 2. The van der Waals surface area contributed by atoms with Crippen LogP contribution >= 0.6 is 0 Å². The second-order valence-electron chi connectivity index (χ2n) is 4.76. The molecule has 0 radical (unpaired) electrons. The van der Waals surface area contributed by atoms with Gasteiger partial charge in [-0.2, -0.15) is 0 Å². The van der Waals surface area contributed by atoms with E-state index in [4.69, 9.17) is 16.1 Å². The molecule has 2 aromatic rings. The predicted octanol–water partition coefficient (Wildman–Crippen LogP) is 1.91. The summed E-state index contributed by atoms with van der Waals surface area (Å²) in [6, 6.07) is 11.1. The number of benzene rings is 2. The average Bonchev–Trinajstić information content (AvgIpc) is 2.53. The number of halogens is 2.